The molecule has 4 heteroatoms. The summed E-state index contributed by atoms with van der Waals surface area (Å²) in [6.45, 7) is 2.04. The number of amides is 1. The van der Waals surface area contributed by atoms with Crippen LogP contribution in [0.25, 0.3) is 0 Å². The third-order valence-electron chi connectivity index (χ3n) is 2.16. The fourth-order valence-electron chi connectivity index (χ4n) is 1.37. The van der Waals surface area contributed by atoms with Crippen molar-refractivity contribution in [3.8, 4) is 12.3 Å². The number of nitrogens with one attached hydrogen (secondary N) is 1. The van der Waals surface area contributed by atoms with E-state index in [-0.39, 0.29) is 6.04 Å². The first-order valence-corrected chi connectivity index (χ1v) is 5.16. The van der Waals surface area contributed by atoms with E-state index in [1.165, 1.54) is 0 Å². The van der Waals surface area contributed by atoms with Crippen LogP contribution in [0.5, 0.6) is 0 Å². The number of aromatic nitrogens is 1. The summed E-state index contributed by atoms with van der Waals surface area (Å²) in [5.41, 5.74) is 5.60. The van der Waals surface area contributed by atoms with E-state index in [4.69, 9.17) is 12.2 Å². The quantitative estimate of drug-likeness (QED) is 0.732. The van der Waals surface area contributed by atoms with Gasteiger partial charge in [-0.2, -0.15) is 0 Å². The summed E-state index contributed by atoms with van der Waals surface area (Å²) in [5.74, 6) is 2.55. The molecule has 0 saturated carbocycles. The summed E-state index contributed by atoms with van der Waals surface area (Å²) >= 11 is 0. The zero-order valence-corrected chi connectivity index (χ0v) is 9.23. The monoisotopic (exact) mass is 217 g/mol. The molecule has 1 aromatic heterocycles. The van der Waals surface area contributed by atoms with Gasteiger partial charge in [-0.15, -0.1) is 6.42 Å². The smallest absolute Gasteiger partial charge is 0.252 e. The molecule has 1 unspecified atom stereocenters. The molecule has 1 atom stereocenters. The zero-order chi connectivity index (χ0) is 12.0. The molecule has 16 heavy (non-hydrogen) atoms. The van der Waals surface area contributed by atoms with E-state index in [1.807, 2.05) is 6.92 Å². The van der Waals surface area contributed by atoms with Crippen molar-refractivity contribution >= 4 is 11.7 Å². The maximum atomic E-state index is 11.1. The van der Waals surface area contributed by atoms with Crippen molar-refractivity contribution in [1.82, 2.24) is 4.98 Å². The Hall–Kier alpha value is -2.02. The Morgan fingerprint density at radius 1 is 1.75 bits per heavy atom. The van der Waals surface area contributed by atoms with E-state index >= 15 is 0 Å². The van der Waals surface area contributed by atoms with Crippen LogP contribution in [0.4, 0.5) is 5.82 Å². The summed E-state index contributed by atoms with van der Waals surface area (Å²) in [4.78, 5) is 15.2. The van der Waals surface area contributed by atoms with Crippen molar-refractivity contribution in [1.29, 1.82) is 0 Å². The minimum absolute atomic E-state index is 0.127. The maximum Gasteiger partial charge on any atom is 0.252 e. The van der Waals surface area contributed by atoms with Crippen molar-refractivity contribution in [2.75, 3.05) is 5.32 Å². The van der Waals surface area contributed by atoms with Gasteiger partial charge in [0.15, 0.2) is 0 Å². The van der Waals surface area contributed by atoms with Crippen LogP contribution in [-0.2, 0) is 0 Å². The predicted molar refractivity (Wildman–Crippen MR) is 63.9 cm³/mol. The third-order valence-corrected chi connectivity index (χ3v) is 2.16. The van der Waals surface area contributed by atoms with Crippen LogP contribution < -0.4 is 11.1 Å². The van der Waals surface area contributed by atoms with Gasteiger partial charge in [-0.25, -0.2) is 4.98 Å². The molecular formula is C12H15N3O. The van der Waals surface area contributed by atoms with Crippen LogP contribution in [0.3, 0.4) is 0 Å². The van der Waals surface area contributed by atoms with Crippen LogP contribution in [0.2, 0.25) is 0 Å². The van der Waals surface area contributed by atoms with Crippen molar-refractivity contribution < 1.29 is 4.79 Å². The van der Waals surface area contributed by atoms with Crippen LogP contribution in [0, 0.1) is 12.3 Å². The molecule has 84 valence electrons. The molecule has 0 aliphatic carbocycles. The first-order valence-electron chi connectivity index (χ1n) is 5.16. The lowest BCUT2D eigenvalue weighted by molar-refractivity contribution is 0.100. The molecule has 1 amide bonds. The standard InChI is InChI=1S/C12H15N3O/c1-3-6-9(4-2)15-12-10(11(13)16)7-5-8-14-12/h2,5,7-9H,3,6H2,1H3,(H2,13,16)(H,14,15). The molecule has 1 heterocycles. The van der Waals surface area contributed by atoms with Crippen LogP contribution in [-0.4, -0.2) is 16.9 Å². The lowest BCUT2D eigenvalue weighted by Crippen LogP contribution is -2.21. The highest BCUT2D eigenvalue weighted by Crippen LogP contribution is 2.13. The van der Waals surface area contributed by atoms with Gasteiger partial charge < -0.3 is 11.1 Å². The first kappa shape index (κ1) is 12.1. The fourth-order valence-corrected chi connectivity index (χ4v) is 1.37. The second-order valence-electron chi connectivity index (χ2n) is 3.42. The normalized spacial score (nSPS) is 11.5. The summed E-state index contributed by atoms with van der Waals surface area (Å²) in [7, 11) is 0. The second kappa shape index (κ2) is 5.76. The first-order chi connectivity index (χ1) is 7.69. The zero-order valence-electron chi connectivity index (χ0n) is 9.23. The van der Waals surface area contributed by atoms with Gasteiger partial charge in [0.05, 0.1) is 11.6 Å². The second-order valence-corrected chi connectivity index (χ2v) is 3.42. The predicted octanol–water partition coefficient (Wildman–Crippen LogP) is 1.39. The summed E-state index contributed by atoms with van der Waals surface area (Å²) < 4.78 is 0. The van der Waals surface area contributed by atoms with Crippen LogP contribution in [0.1, 0.15) is 30.1 Å². The number of pyridine rings is 1. The fraction of sp³-hybridized carbons (Fsp3) is 0.333. The number of hydrogen-bond donors (Lipinski definition) is 2. The highest BCUT2D eigenvalue weighted by molar-refractivity contribution is 5.97. The Bertz CT molecular complexity index is 409. The Morgan fingerprint density at radius 3 is 3.06 bits per heavy atom. The number of rotatable bonds is 5. The topological polar surface area (TPSA) is 68.0 Å². The highest BCUT2D eigenvalue weighted by atomic mass is 16.1. The van der Waals surface area contributed by atoms with Crippen molar-refractivity contribution in [3.63, 3.8) is 0 Å². The van der Waals surface area contributed by atoms with Crippen molar-refractivity contribution in [2.24, 2.45) is 5.73 Å². The molecule has 0 aliphatic rings. The van der Waals surface area contributed by atoms with Gasteiger partial charge in [-0.1, -0.05) is 19.3 Å². The SMILES string of the molecule is C#CC(CCC)Nc1ncccc1C(N)=O. The Kier molecular flexibility index (Phi) is 4.34. The highest BCUT2D eigenvalue weighted by Gasteiger charge is 2.11. The summed E-state index contributed by atoms with van der Waals surface area (Å²) in [6, 6.07) is 3.16. The van der Waals surface area contributed by atoms with Gasteiger partial charge in [-0.3, -0.25) is 4.79 Å². The number of carbonyl (C=O) groups excluding carboxylic acids is 1. The Balaban J connectivity index is 2.88. The van der Waals surface area contributed by atoms with E-state index < -0.39 is 5.91 Å². The number of carbonyl (C=O) groups is 1. The summed E-state index contributed by atoms with van der Waals surface area (Å²) in [6.07, 6.45) is 8.75. The van der Waals surface area contributed by atoms with Gasteiger partial charge >= 0.3 is 0 Å². The molecule has 0 aromatic carbocycles. The lowest BCUT2D eigenvalue weighted by atomic mass is 10.1. The molecule has 0 bridgehead atoms. The van der Waals surface area contributed by atoms with Gasteiger partial charge in [0.2, 0.25) is 0 Å². The third kappa shape index (κ3) is 2.99. The molecule has 1 rings (SSSR count). The Morgan fingerprint density at radius 2 is 2.50 bits per heavy atom. The Labute approximate surface area is 95.3 Å². The molecular weight excluding hydrogens is 202 g/mol. The molecule has 4 nitrogen and oxygen atoms in total. The average Bonchev–Trinajstić information content (AvgIpc) is 2.29. The average molecular weight is 217 g/mol. The van der Waals surface area contributed by atoms with Crippen LogP contribution in [0.15, 0.2) is 18.3 Å². The van der Waals surface area contributed by atoms with E-state index in [0.29, 0.717) is 11.4 Å². The van der Waals surface area contributed by atoms with E-state index in [9.17, 15) is 4.79 Å². The minimum atomic E-state index is -0.511. The number of nitrogens with zero attached hydrogens (tertiary/aromatic N) is 1. The molecule has 0 aliphatic heterocycles. The largest absolute Gasteiger partial charge is 0.365 e. The molecule has 0 spiro atoms. The van der Waals surface area contributed by atoms with Gasteiger partial charge in [-0.05, 0) is 18.6 Å². The van der Waals surface area contributed by atoms with Crippen LogP contribution >= 0.6 is 0 Å². The number of hydrogen-bond acceptors (Lipinski definition) is 3. The molecule has 0 saturated heterocycles. The van der Waals surface area contributed by atoms with Gasteiger partial charge in [0.1, 0.15) is 5.82 Å². The number of anilines is 1. The lowest BCUT2D eigenvalue weighted by Gasteiger charge is -2.14. The maximum absolute atomic E-state index is 11.1. The van der Waals surface area contributed by atoms with E-state index in [2.05, 4.69) is 16.2 Å². The van der Waals surface area contributed by atoms with E-state index in [0.717, 1.165) is 12.8 Å². The molecule has 0 fully saturated rings. The van der Waals surface area contributed by atoms with E-state index in [1.54, 1.807) is 18.3 Å². The molecule has 0 radical (unpaired) electrons. The summed E-state index contributed by atoms with van der Waals surface area (Å²) in [5, 5.41) is 3.03. The van der Waals surface area contributed by atoms with Crippen molar-refractivity contribution in [3.05, 3.63) is 23.9 Å². The minimum Gasteiger partial charge on any atom is -0.365 e. The molecule has 3 N–H and O–H groups in total. The van der Waals surface area contributed by atoms with Gasteiger partial charge in [0, 0.05) is 6.20 Å². The van der Waals surface area contributed by atoms with Gasteiger partial charge in [0.25, 0.3) is 5.91 Å². The number of terminal acetylenes is 1. The number of primary amides is 1. The number of nitrogens with two attached hydrogens (primary N) is 1. The van der Waals surface area contributed by atoms with Crippen molar-refractivity contribution in [2.45, 2.75) is 25.8 Å². The molecule has 1 aromatic rings.